The summed E-state index contributed by atoms with van der Waals surface area (Å²) in [6.45, 7) is 4.31. The van der Waals surface area contributed by atoms with Gasteiger partial charge in [-0.15, -0.1) is 12.4 Å². The average Bonchev–Trinajstić information content (AvgIpc) is 2.77. The van der Waals surface area contributed by atoms with Crippen molar-refractivity contribution in [3.05, 3.63) is 35.4 Å². The lowest BCUT2D eigenvalue weighted by Gasteiger charge is -2.19. The number of hydrogen-bond donors (Lipinski definition) is 2. The zero-order valence-corrected chi connectivity index (χ0v) is 14.1. The molecule has 3 N–H and O–H groups in total. The average molecular weight is 340 g/mol. The molecular weight excluding hydrogens is 318 g/mol. The van der Waals surface area contributed by atoms with Crippen LogP contribution in [0.5, 0.6) is 0 Å². The molecule has 2 rings (SSSR count). The van der Waals surface area contributed by atoms with Gasteiger partial charge in [-0.1, -0.05) is 12.1 Å². The molecule has 0 spiro atoms. The van der Waals surface area contributed by atoms with Crippen molar-refractivity contribution < 1.29 is 14.4 Å². The second-order valence-corrected chi connectivity index (χ2v) is 6.24. The van der Waals surface area contributed by atoms with E-state index in [1.165, 1.54) is 4.90 Å². The molecule has 1 heterocycles. The SMILES string of the molecule is CC(C)(N)CNC(=O)c1ccc(CN2C(=O)CCC2=O)cc1.Cl. The highest BCUT2D eigenvalue weighted by Gasteiger charge is 2.28. The molecule has 0 radical (unpaired) electrons. The number of halogens is 1. The zero-order valence-electron chi connectivity index (χ0n) is 13.3. The van der Waals surface area contributed by atoms with E-state index in [4.69, 9.17) is 5.73 Å². The number of nitrogens with one attached hydrogen (secondary N) is 1. The molecule has 1 aromatic rings. The predicted molar refractivity (Wildman–Crippen MR) is 89.1 cm³/mol. The summed E-state index contributed by atoms with van der Waals surface area (Å²) in [6, 6.07) is 6.86. The van der Waals surface area contributed by atoms with Crippen molar-refractivity contribution in [2.45, 2.75) is 38.8 Å². The predicted octanol–water partition coefficient (Wildman–Crippen LogP) is 1.22. The lowest BCUT2D eigenvalue weighted by Crippen LogP contribution is -2.45. The third-order valence-electron chi connectivity index (χ3n) is 3.42. The fraction of sp³-hybridized carbons (Fsp3) is 0.438. The molecule has 7 heteroatoms. The maximum atomic E-state index is 12.0. The van der Waals surface area contributed by atoms with Crippen molar-refractivity contribution in [2.75, 3.05) is 6.54 Å². The highest BCUT2D eigenvalue weighted by molar-refractivity contribution is 6.01. The smallest absolute Gasteiger partial charge is 0.251 e. The molecular formula is C16H22ClN3O3. The molecule has 1 saturated heterocycles. The summed E-state index contributed by atoms with van der Waals surface area (Å²) in [7, 11) is 0. The van der Waals surface area contributed by atoms with Crippen LogP contribution in [0.25, 0.3) is 0 Å². The van der Waals surface area contributed by atoms with Crippen LogP contribution in [0.15, 0.2) is 24.3 Å². The number of carbonyl (C=O) groups is 3. The Labute approximate surface area is 141 Å². The number of nitrogens with zero attached hydrogens (tertiary/aromatic N) is 1. The summed E-state index contributed by atoms with van der Waals surface area (Å²) in [4.78, 5) is 36.4. The molecule has 1 aromatic carbocycles. The van der Waals surface area contributed by atoms with E-state index in [1.54, 1.807) is 24.3 Å². The molecule has 3 amide bonds. The lowest BCUT2D eigenvalue weighted by atomic mass is 10.1. The van der Waals surface area contributed by atoms with Gasteiger partial charge in [0.25, 0.3) is 5.91 Å². The van der Waals surface area contributed by atoms with E-state index in [1.807, 2.05) is 13.8 Å². The van der Waals surface area contributed by atoms with Gasteiger partial charge in [0, 0.05) is 30.5 Å². The number of amides is 3. The summed E-state index contributed by atoms with van der Waals surface area (Å²) in [5.74, 6) is -0.479. The molecule has 23 heavy (non-hydrogen) atoms. The van der Waals surface area contributed by atoms with Crippen molar-refractivity contribution in [1.82, 2.24) is 10.2 Å². The van der Waals surface area contributed by atoms with Crippen LogP contribution in [0, 0.1) is 0 Å². The van der Waals surface area contributed by atoms with Gasteiger partial charge in [-0.25, -0.2) is 0 Å². The van der Waals surface area contributed by atoms with Crippen LogP contribution in [-0.2, 0) is 16.1 Å². The van der Waals surface area contributed by atoms with Crippen molar-refractivity contribution in [3.8, 4) is 0 Å². The van der Waals surface area contributed by atoms with Gasteiger partial charge in [-0.3, -0.25) is 19.3 Å². The summed E-state index contributed by atoms with van der Waals surface area (Å²) < 4.78 is 0. The molecule has 1 fully saturated rings. The van der Waals surface area contributed by atoms with E-state index < -0.39 is 5.54 Å². The van der Waals surface area contributed by atoms with E-state index in [-0.39, 0.29) is 49.5 Å². The van der Waals surface area contributed by atoms with Gasteiger partial charge in [0.1, 0.15) is 0 Å². The van der Waals surface area contributed by atoms with Crippen molar-refractivity contribution >= 4 is 30.1 Å². The van der Waals surface area contributed by atoms with E-state index in [0.29, 0.717) is 12.1 Å². The maximum Gasteiger partial charge on any atom is 0.251 e. The molecule has 1 aliphatic rings. The van der Waals surface area contributed by atoms with E-state index in [0.717, 1.165) is 5.56 Å². The summed E-state index contributed by atoms with van der Waals surface area (Å²) in [5, 5.41) is 2.76. The third kappa shape index (κ3) is 5.33. The molecule has 0 atom stereocenters. The Bertz CT molecular complexity index is 578. The maximum absolute atomic E-state index is 12.0. The Kier molecular flexibility index (Phi) is 6.29. The fourth-order valence-corrected chi connectivity index (χ4v) is 2.15. The Balaban J connectivity index is 0.00000264. The Morgan fingerprint density at radius 1 is 1.17 bits per heavy atom. The summed E-state index contributed by atoms with van der Waals surface area (Å²) in [6.07, 6.45) is 0.572. The van der Waals surface area contributed by atoms with Crippen LogP contribution < -0.4 is 11.1 Å². The second kappa shape index (κ2) is 7.57. The summed E-state index contributed by atoms with van der Waals surface area (Å²) >= 11 is 0. The number of benzene rings is 1. The third-order valence-corrected chi connectivity index (χ3v) is 3.42. The standard InChI is InChI=1S/C16H21N3O3.ClH/c1-16(2,17)10-18-15(22)12-5-3-11(4-6-12)9-19-13(20)7-8-14(19)21;/h3-6H,7-10,17H2,1-2H3,(H,18,22);1H. The first-order valence-corrected chi connectivity index (χ1v) is 7.25. The largest absolute Gasteiger partial charge is 0.350 e. The van der Waals surface area contributed by atoms with E-state index in [9.17, 15) is 14.4 Å². The number of carbonyl (C=O) groups excluding carboxylic acids is 3. The number of nitrogens with two attached hydrogens (primary N) is 1. The number of hydrogen-bond acceptors (Lipinski definition) is 4. The van der Waals surface area contributed by atoms with Gasteiger partial charge in [0.05, 0.1) is 6.54 Å². The normalized spacial score (nSPS) is 14.7. The molecule has 6 nitrogen and oxygen atoms in total. The highest BCUT2D eigenvalue weighted by atomic mass is 35.5. The monoisotopic (exact) mass is 339 g/mol. The van der Waals surface area contributed by atoms with Gasteiger partial charge in [0.15, 0.2) is 0 Å². The first-order valence-electron chi connectivity index (χ1n) is 7.25. The number of likely N-dealkylation sites (tertiary alicyclic amines) is 1. The molecule has 126 valence electrons. The minimum absolute atomic E-state index is 0. The first kappa shape index (κ1) is 19.1. The van der Waals surface area contributed by atoms with E-state index in [2.05, 4.69) is 5.32 Å². The van der Waals surface area contributed by atoms with Gasteiger partial charge >= 0.3 is 0 Å². The molecule has 0 aromatic heterocycles. The Morgan fingerprint density at radius 3 is 2.17 bits per heavy atom. The highest BCUT2D eigenvalue weighted by Crippen LogP contribution is 2.16. The Morgan fingerprint density at radius 2 is 1.70 bits per heavy atom. The van der Waals surface area contributed by atoms with Crippen LogP contribution in [0.1, 0.15) is 42.6 Å². The summed E-state index contributed by atoms with van der Waals surface area (Å²) in [5.41, 5.74) is 6.69. The van der Waals surface area contributed by atoms with Crippen LogP contribution in [-0.4, -0.2) is 34.7 Å². The minimum Gasteiger partial charge on any atom is -0.350 e. The van der Waals surface area contributed by atoms with E-state index >= 15 is 0 Å². The second-order valence-electron chi connectivity index (χ2n) is 6.24. The van der Waals surface area contributed by atoms with Gasteiger partial charge in [-0.2, -0.15) is 0 Å². The first-order chi connectivity index (χ1) is 10.3. The number of imide groups is 1. The topological polar surface area (TPSA) is 92.5 Å². The van der Waals surface area contributed by atoms with Crippen LogP contribution in [0.2, 0.25) is 0 Å². The van der Waals surface area contributed by atoms with Crippen molar-refractivity contribution in [2.24, 2.45) is 5.73 Å². The number of rotatable bonds is 5. The fourth-order valence-electron chi connectivity index (χ4n) is 2.15. The zero-order chi connectivity index (χ0) is 16.3. The molecule has 1 aliphatic heterocycles. The Hall–Kier alpha value is -1.92. The van der Waals surface area contributed by atoms with Crippen molar-refractivity contribution in [3.63, 3.8) is 0 Å². The minimum atomic E-state index is -0.466. The molecule has 0 aliphatic carbocycles. The van der Waals surface area contributed by atoms with Gasteiger partial charge < -0.3 is 11.1 Å². The van der Waals surface area contributed by atoms with Gasteiger partial charge in [-0.05, 0) is 31.5 Å². The molecule has 0 saturated carbocycles. The van der Waals surface area contributed by atoms with Crippen LogP contribution in [0.3, 0.4) is 0 Å². The molecule has 0 unspecified atom stereocenters. The van der Waals surface area contributed by atoms with Crippen LogP contribution >= 0.6 is 12.4 Å². The quantitative estimate of drug-likeness (QED) is 0.789. The van der Waals surface area contributed by atoms with Gasteiger partial charge in [0.2, 0.25) is 11.8 Å². The lowest BCUT2D eigenvalue weighted by molar-refractivity contribution is -0.139. The molecule has 0 bridgehead atoms. The van der Waals surface area contributed by atoms with Crippen molar-refractivity contribution in [1.29, 1.82) is 0 Å². The van der Waals surface area contributed by atoms with Crippen LogP contribution in [0.4, 0.5) is 0 Å².